The lowest BCUT2D eigenvalue weighted by Crippen LogP contribution is -2.17. The second-order valence-corrected chi connectivity index (χ2v) is 13.4. The van der Waals surface area contributed by atoms with Crippen LogP contribution >= 0.6 is 0 Å². The molecule has 0 fully saturated rings. The van der Waals surface area contributed by atoms with E-state index in [-0.39, 0.29) is 0 Å². The van der Waals surface area contributed by atoms with E-state index >= 15 is 0 Å². The largest absolute Gasteiger partial charge is 0.0649 e. The van der Waals surface area contributed by atoms with Crippen LogP contribution in [0.1, 0.15) is 160 Å². The summed E-state index contributed by atoms with van der Waals surface area (Å²) in [5.74, 6) is 6.16. The van der Waals surface area contributed by atoms with Gasteiger partial charge in [-0.15, -0.1) is 0 Å². The zero-order valence-electron chi connectivity index (χ0n) is 24.7. The lowest BCUT2D eigenvalue weighted by atomic mass is 9.75. The highest BCUT2D eigenvalue weighted by atomic mass is 14.3. The van der Waals surface area contributed by atoms with Crippen LogP contribution in [0.4, 0.5) is 0 Å². The van der Waals surface area contributed by atoms with Gasteiger partial charge >= 0.3 is 0 Å². The first-order chi connectivity index (χ1) is 14.9. The lowest BCUT2D eigenvalue weighted by molar-refractivity contribution is 0.219. The van der Waals surface area contributed by atoms with Crippen LogP contribution in [0.25, 0.3) is 0 Å². The molecule has 0 aromatic rings. The summed E-state index contributed by atoms with van der Waals surface area (Å²) in [5.41, 5.74) is 0.569. The van der Waals surface area contributed by atoms with Gasteiger partial charge in [-0.2, -0.15) is 0 Å². The zero-order chi connectivity index (χ0) is 24.7. The molecule has 0 bridgehead atoms. The summed E-state index contributed by atoms with van der Waals surface area (Å²) in [5, 5.41) is 0. The van der Waals surface area contributed by atoms with E-state index in [0.717, 1.165) is 41.4 Å². The molecular weight excluding hydrogens is 384 g/mol. The first kappa shape index (κ1) is 32.0. The number of hydrogen-bond acceptors (Lipinski definition) is 0. The molecule has 6 atom stereocenters. The van der Waals surface area contributed by atoms with Crippen molar-refractivity contribution >= 4 is 0 Å². The fraction of sp³-hybridized carbons (Fsp3) is 1.00. The summed E-state index contributed by atoms with van der Waals surface area (Å²) in [7, 11) is 0. The Balaban J connectivity index is 4.06. The molecule has 0 heteroatoms. The molecule has 0 amide bonds. The summed E-state index contributed by atoms with van der Waals surface area (Å²) < 4.78 is 0. The Bertz CT molecular complexity index is 422. The SMILES string of the molecule is CC[C@](C)(CCC[C@H](C)CC[C@H](C)C(C)C)CC[C@H](C)CCC[C@@H](C)CC[C@@H](C)C(C)C. The Morgan fingerprint density at radius 1 is 0.469 bits per heavy atom. The van der Waals surface area contributed by atoms with E-state index in [2.05, 4.69) is 76.2 Å². The second kappa shape index (κ2) is 17.4. The Morgan fingerprint density at radius 3 is 1.28 bits per heavy atom. The van der Waals surface area contributed by atoms with Crippen LogP contribution in [0.5, 0.6) is 0 Å². The molecule has 0 heterocycles. The number of hydrogen-bond donors (Lipinski definition) is 0. The van der Waals surface area contributed by atoms with Crippen molar-refractivity contribution in [1.82, 2.24) is 0 Å². The number of rotatable bonds is 20. The van der Waals surface area contributed by atoms with Crippen LogP contribution in [-0.4, -0.2) is 0 Å². The highest BCUT2D eigenvalue weighted by Gasteiger charge is 2.23. The van der Waals surface area contributed by atoms with E-state index in [1.807, 2.05) is 0 Å². The zero-order valence-corrected chi connectivity index (χ0v) is 24.7. The lowest BCUT2D eigenvalue weighted by Gasteiger charge is -2.30. The Morgan fingerprint density at radius 2 is 0.875 bits per heavy atom. The molecule has 0 saturated heterocycles. The van der Waals surface area contributed by atoms with Crippen molar-refractivity contribution in [2.24, 2.45) is 46.8 Å². The molecule has 0 N–H and O–H groups in total. The molecule has 0 aliphatic heterocycles. The molecule has 0 unspecified atom stereocenters. The maximum atomic E-state index is 2.57. The minimum atomic E-state index is 0.569. The fourth-order valence-corrected chi connectivity index (χ4v) is 4.96. The topological polar surface area (TPSA) is 0 Å². The smallest absolute Gasteiger partial charge is 0.0328 e. The van der Waals surface area contributed by atoms with E-state index in [0.29, 0.717) is 5.41 Å². The standard InChI is InChI=1S/C32H66/c1-12-32(11,23-14-17-28(7)19-21-31(10)26(4)5)24-22-29(8)16-13-15-27(6)18-20-30(9)25(2)3/h25-31H,12-24H2,1-11H3/t27-,28+,29-,30-,31+,32-/m1/s1. The summed E-state index contributed by atoms with van der Waals surface area (Å²) >= 11 is 0. The third-order valence-corrected chi connectivity index (χ3v) is 9.47. The van der Waals surface area contributed by atoms with Gasteiger partial charge < -0.3 is 0 Å². The quantitative estimate of drug-likeness (QED) is 0.173. The average molecular weight is 451 g/mol. The van der Waals surface area contributed by atoms with E-state index in [1.165, 1.54) is 83.5 Å². The van der Waals surface area contributed by atoms with Gasteiger partial charge in [0.2, 0.25) is 0 Å². The van der Waals surface area contributed by atoms with Gasteiger partial charge in [-0.1, -0.05) is 147 Å². The molecule has 0 aromatic carbocycles. The minimum absolute atomic E-state index is 0.569. The van der Waals surface area contributed by atoms with Gasteiger partial charge in [-0.05, 0) is 59.7 Å². The van der Waals surface area contributed by atoms with E-state index in [1.54, 1.807) is 0 Å². The second-order valence-electron chi connectivity index (χ2n) is 13.4. The van der Waals surface area contributed by atoms with Crippen LogP contribution in [0.15, 0.2) is 0 Å². The van der Waals surface area contributed by atoms with Gasteiger partial charge in [0.25, 0.3) is 0 Å². The summed E-state index contributed by atoms with van der Waals surface area (Å²) in [6.45, 7) is 26.8. The Labute approximate surface area is 206 Å². The van der Waals surface area contributed by atoms with Crippen molar-refractivity contribution in [2.45, 2.75) is 160 Å². The summed E-state index contributed by atoms with van der Waals surface area (Å²) in [6.07, 6.45) is 18.5. The van der Waals surface area contributed by atoms with Crippen molar-refractivity contribution in [2.75, 3.05) is 0 Å². The first-order valence-corrected chi connectivity index (χ1v) is 14.9. The molecule has 0 spiro atoms. The van der Waals surface area contributed by atoms with Crippen molar-refractivity contribution in [3.63, 3.8) is 0 Å². The Hall–Kier alpha value is 0. The predicted molar refractivity (Wildman–Crippen MR) is 149 cm³/mol. The highest BCUT2D eigenvalue weighted by molar-refractivity contribution is 4.75. The Kier molecular flexibility index (Phi) is 17.4. The van der Waals surface area contributed by atoms with Gasteiger partial charge in [-0.25, -0.2) is 0 Å². The maximum Gasteiger partial charge on any atom is -0.0328 e. The first-order valence-electron chi connectivity index (χ1n) is 14.9. The van der Waals surface area contributed by atoms with Crippen LogP contribution in [0.2, 0.25) is 0 Å². The average Bonchev–Trinajstić information content (AvgIpc) is 2.74. The van der Waals surface area contributed by atoms with Crippen LogP contribution < -0.4 is 0 Å². The highest BCUT2D eigenvalue weighted by Crippen LogP contribution is 2.36. The van der Waals surface area contributed by atoms with Gasteiger partial charge in [-0.3, -0.25) is 0 Å². The summed E-state index contributed by atoms with van der Waals surface area (Å²) in [4.78, 5) is 0. The molecule has 0 aliphatic carbocycles. The van der Waals surface area contributed by atoms with E-state index in [4.69, 9.17) is 0 Å². The van der Waals surface area contributed by atoms with Crippen LogP contribution in [-0.2, 0) is 0 Å². The molecule has 32 heavy (non-hydrogen) atoms. The van der Waals surface area contributed by atoms with E-state index < -0.39 is 0 Å². The molecule has 0 nitrogen and oxygen atoms in total. The van der Waals surface area contributed by atoms with Gasteiger partial charge in [0.1, 0.15) is 0 Å². The minimum Gasteiger partial charge on any atom is -0.0649 e. The van der Waals surface area contributed by atoms with Crippen LogP contribution in [0, 0.1) is 46.8 Å². The molecule has 0 radical (unpaired) electrons. The van der Waals surface area contributed by atoms with Crippen molar-refractivity contribution in [3.8, 4) is 0 Å². The van der Waals surface area contributed by atoms with Crippen LogP contribution in [0.3, 0.4) is 0 Å². The maximum absolute atomic E-state index is 2.57. The van der Waals surface area contributed by atoms with Crippen molar-refractivity contribution in [3.05, 3.63) is 0 Å². The molecule has 0 rings (SSSR count). The monoisotopic (exact) mass is 451 g/mol. The third kappa shape index (κ3) is 15.8. The molecule has 0 aliphatic rings. The van der Waals surface area contributed by atoms with Gasteiger partial charge in [0, 0.05) is 0 Å². The van der Waals surface area contributed by atoms with Crippen molar-refractivity contribution in [1.29, 1.82) is 0 Å². The summed E-state index contributed by atoms with van der Waals surface area (Å²) in [6, 6.07) is 0. The molecule has 194 valence electrons. The molecule has 0 saturated carbocycles. The van der Waals surface area contributed by atoms with Gasteiger partial charge in [0.15, 0.2) is 0 Å². The predicted octanol–water partition coefficient (Wildman–Crippen LogP) is 11.6. The van der Waals surface area contributed by atoms with Crippen molar-refractivity contribution < 1.29 is 0 Å². The molecule has 0 aromatic heterocycles. The fourth-order valence-electron chi connectivity index (χ4n) is 4.96. The third-order valence-electron chi connectivity index (χ3n) is 9.47. The molecular formula is C32H66. The normalized spacial score (nSPS) is 19.0. The van der Waals surface area contributed by atoms with E-state index in [9.17, 15) is 0 Å². The van der Waals surface area contributed by atoms with Gasteiger partial charge in [0.05, 0.1) is 0 Å².